The quantitative estimate of drug-likeness (QED) is 0.749. The second kappa shape index (κ2) is 6.94. The summed E-state index contributed by atoms with van der Waals surface area (Å²) < 4.78 is 5.15. The highest BCUT2D eigenvalue weighted by atomic mass is 16.5. The molecule has 6 heteroatoms. The molecule has 25 heavy (non-hydrogen) atoms. The summed E-state index contributed by atoms with van der Waals surface area (Å²) in [4.78, 5) is 14.4. The Morgan fingerprint density at radius 1 is 1.28 bits per heavy atom. The summed E-state index contributed by atoms with van der Waals surface area (Å²) in [6.45, 7) is 1.79. The molecule has 0 radical (unpaired) electrons. The van der Waals surface area contributed by atoms with Gasteiger partial charge in [-0.25, -0.2) is 0 Å². The molecule has 6 nitrogen and oxygen atoms in total. The van der Waals surface area contributed by atoms with E-state index in [1.54, 1.807) is 14.2 Å². The number of aromatic nitrogens is 2. The maximum Gasteiger partial charge on any atom is 0.275 e. The van der Waals surface area contributed by atoms with E-state index >= 15 is 0 Å². The largest absolute Gasteiger partial charge is 0.497 e. The number of aryl methyl sites for hydroxylation is 1. The number of methoxy groups -OCH3 is 1. The molecule has 130 valence electrons. The Hall–Kier alpha value is -2.86. The molecule has 2 aromatic carbocycles. The lowest BCUT2D eigenvalue weighted by molar-refractivity contribution is 0.0654. The van der Waals surface area contributed by atoms with Crippen LogP contribution in [0.5, 0.6) is 5.75 Å². The average Bonchev–Trinajstić information content (AvgIpc) is 3.05. The van der Waals surface area contributed by atoms with Crippen molar-refractivity contribution in [3.05, 3.63) is 59.3 Å². The van der Waals surface area contributed by atoms with Gasteiger partial charge in [-0.1, -0.05) is 23.8 Å². The van der Waals surface area contributed by atoms with Crippen molar-refractivity contribution in [2.24, 2.45) is 0 Å². The first-order chi connectivity index (χ1) is 12.0. The van der Waals surface area contributed by atoms with E-state index in [2.05, 4.69) is 10.2 Å². The van der Waals surface area contributed by atoms with Gasteiger partial charge in [0.05, 0.1) is 25.3 Å². The van der Waals surface area contributed by atoms with Gasteiger partial charge in [0.15, 0.2) is 5.69 Å². The number of benzene rings is 2. The van der Waals surface area contributed by atoms with Gasteiger partial charge in [-0.05, 0) is 36.8 Å². The standard InChI is InChI=1S/C19H21N3O3/c1-12-4-9-16-15(10-12)18(21-20-16)19(24)22(2)17(11-23)13-5-7-14(25-3)8-6-13/h4-10,17,23H,11H2,1-3H3,(H,20,21). The Kier molecular flexibility index (Phi) is 4.72. The fourth-order valence-electron chi connectivity index (χ4n) is 2.88. The van der Waals surface area contributed by atoms with Gasteiger partial charge in [-0.2, -0.15) is 5.10 Å². The average molecular weight is 339 g/mol. The Morgan fingerprint density at radius 2 is 2.00 bits per heavy atom. The van der Waals surface area contributed by atoms with E-state index in [1.165, 1.54) is 4.90 Å². The maximum atomic E-state index is 12.9. The number of amides is 1. The number of aromatic amines is 1. The number of aliphatic hydroxyl groups excluding tert-OH is 1. The van der Waals surface area contributed by atoms with Gasteiger partial charge in [0, 0.05) is 12.4 Å². The van der Waals surface area contributed by atoms with Gasteiger partial charge in [0.1, 0.15) is 5.75 Å². The third kappa shape index (κ3) is 3.21. The molecule has 3 rings (SSSR count). The molecule has 0 bridgehead atoms. The van der Waals surface area contributed by atoms with Crippen LogP contribution in [0, 0.1) is 6.92 Å². The SMILES string of the molecule is COc1ccc(C(CO)N(C)C(=O)c2n[nH]c3ccc(C)cc23)cc1. The number of nitrogens with zero attached hydrogens (tertiary/aromatic N) is 2. The van der Waals surface area contributed by atoms with Crippen LogP contribution in [0.2, 0.25) is 0 Å². The summed E-state index contributed by atoms with van der Waals surface area (Å²) in [7, 11) is 3.27. The van der Waals surface area contributed by atoms with Crippen molar-refractivity contribution in [3.8, 4) is 5.75 Å². The van der Waals surface area contributed by atoms with E-state index in [-0.39, 0.29) is 12.5 Å². The Bertz CT molecular complexity index is 887. The van der Waals surface area contributed by atoms with Crippen LogP contribution < -0.4 is 4.74 Å². The Balaban J connectivity index is 1.92. The van der Waals surface area contributed by atoms with Crippen LogP contribution in [0.3, 0.4) is 0 Å². The van der Waals surface area contributed by atoms with Crippen molar-refractivity contribution in [1.82, 2.24) is 15.1 Å². The number of ether oxygens (including phenoxy) is 1. The normalized spacial score (nSPS) is 12.2. The van der Waals surface area contributed by atoms with E-state index in [0.717, 1.165) is 27.8 Å². The molecule has 0 spiro atoms. The first-order valence-corrected chi connectivity index (χ1v) is 8.02. The molecule has 2 N–H and O–H groups in total. The number of fused-ring (bicyclic) bond motifs is 1. The molecule has 1 heterocycles. The van der Waals surface area contributed by atoms with Crippen LogP contribution in [-0.2, 0) is 0 Å². The van der Waals surface area contributed by atoms with Crippen molar-refractivity contribution >= 4 is 16.8 Å². The minimum Gasteiger partial charge on any atom is -0.497 e. The van der Waals surface area contributed by atoms with E-state index in [1.807, 2.05) is 49.4 Å². The second-order valence-electron chi connectivity index (χ2n) is 6.01. The molecule has 0 aliphatic carbocycles. The molecule has 1 amide bonds. The lowest BCUT2D eigenvalue weighted by atomic mass is 10.1. The molecule has 0 fully saturated rings. The smallest absolute Gasteiger partial charge is 0.275 e. The van der Waals surface area contributed by atoms with Crippen LogP contribution in [0.15, 0.2) is 42.5 Å². The minimum atomic E-state index is -0.463. The Morgan fingerprint density at radius 3 is 2.64 bits per heavy atom. The Labute approximate surface area is 146 Å². The van der Waals surface area contributed by atoms with Crippen LogP contribution in [0.1, 0.15) is 27.7 Å². The van der Waals surface area contributed by atoms with E-state index in [0.29, 0.717) is 5.69 Å². The number of H-pyrrole nitrogens is 1. The third-order valence-corrected chi connectivity index (χ3v) is 4.38. The summed E-state index contributed by atoms with van der Waals surface area (Å²) >= 11 is 0. The molecule has 1 atom stereocenters. The second-order valence-corrected chi connectivity index (χ2v) is 6.01. The van der Waals surface area contributed by atoms with Crippen molar-refractivity contribution < 1.29 is 14.6 Å². The zero-order valence-corrected chi connectivity index (χ0v) is 14.5. The number of hydrogen-bond donors (Lipinski definition) is 2. The predicted molar refractivity (Wildman–Crippen MR) is 95.7 cm³/mol. The fourth-order valence-corrected chi connectivity index (χ4v) is 2.88. The summed E-state index contributed by atoms with van der Waals surface area (Å²) in [6.07, 6.45) is 0. The van der Waals surface area contributed by atoms with Crippen molar-refractivity contribution in [2.45, 2.75) is 13.0 Å². The monoisotopic (exact) mass is 339 g/mol. The lowest BCUT2D eigenvalue weighted by Crippen LogP contribution is -2.33. The van der Waals surface area contributed by atoms with Crippen LogP contribution >= 0.6 is 0 Å². The maximum absolute atomic E-state index is 12.9. The van der Waals surface area contributed by atoms with Crippen LogP contribution in [0.4, 0.5) is 0 Å². The number of nitrogens with one attached hydrogen (secondary N) is 1. The summed E-state index contributed by atoms with van der Waals surface area (Å²) in [5.74, 6) is 0.481. The van der Waals surface area contributed by atoms with Gasteiger partial charge in [-0.3, -0.25) is 9.89 Å². The van der Waals surface area contributed by atoms with Gasteiger partial charge >= 0.3 is 0 Å². The summed E-state index contributed by atoms with van der Waals surface area (Å²) in [6, 6.07) is 12.6. The van der Waals surface area contributed by atoms with Crippen molar-refractivity contribution in [1.29, 1.82) is 0 Å². The number of carbonyl (C=O) groups excluding carboxylic acids is 1. The van der Waals surface area contributed by atoms with Crippen molar-refractivity contribution in [3.63, 3.8) is 0 Å². The van der Waals surface area contributed by atoms with E-state index in [4.69, 9.17) is 4.74 Å². The number of hydrogen-bond acceptors (Lipinski definition) is 4. The van der Waals surface area contributed by atoms with Gasteiger partial charge in [-0.15, -0.1) is 0 Å². The topological polar surface area (TPSA) is 78.5 Å². The number of likely N-dealkylation sites (N-methyl/N-ethyl adjacent to an activating group) is 1. The highest BCUT2D eigenvalue weighted by Crippen LogP contribution is 2.25. The van der Waals surface area contributed by atoms with Gasteiger partial charge < -0.3 is 14.7 Å². The zero-order valence-electron chi connectivity index (χ0n) is 14.5. The highest BCUT2D eigenvalue weighted by Gasteiger charge is 2.25. The first kappa shape index (κ1) is 17.0. The van der Waals surface area contributed by atoms with Crippen LogP contribution in [-0.4, -0.2) is 46.9 Å². The van der Waals surface area contributed by atoms with E-state index in [9.17, 15) is 9.90 Å². The molecule has 0 saturated carbocycles. The number of aliphatic hydroxyl groups is 1. The van der Waals surface area contributed by atoms with E-state index < -0.39 is 6.04 Å². The molecule has 3 aromatic rings. The molecule has 0 aliphatic rings. The van der Waals surface area contributed by atoms with Crippen LogP contribution in [0.25, 0.3) is 10.9 Å². The minimum absolute atomic E-state index is 0.185. The number of carbonyl (C=O) groups is 1. The van der Waals surface area contributed by atoms with Gasteiger partial charge in [0.2, 0.25) is 0 Å². The molecular formula is C19H21N3O3. The predicted octanol–water partition coefficient (Wildman–Crippen LogP) is 2.69. The van der Waals surface area contributed by atoms with Crippen molar-refractivity contribution in [2.75, 3.05) is 20.8 Å². The summed E-state index contributed by atoms with van der Waals surface area (Å²) in [5, 5.41) is 17.7. The summed E-state index contributed by atoms with van der Waals surface area (Å²) in [5.41, 5.74) is 3.05. The third-order valence-electron chi connectivity index (χ3n) is 4.38. The number of rotatable bonds is 5. The molecule has 0 saturated heterocycles. The zero-order chi connectivity index (χ0) is 18.0. The molecule has 1 unspecified atom stereocenters. The molecular weight excluding hydrogens is 318 g/mol. The highest BCUT2D eigenvalue weighted by molar-refractivity contribution is 6.04. The fraction of sp³-hybridized carbons (Fsp3) is 0.263. The first-order valence-electron chi connectivity index (χ1n) is 8.02. The molecule has 1 aromatic heterocycles. The molecule has 0 aliphatic heterocycles. The van der Waals surface area contributed by atoms with Gasteiger partial charge in [0.25, 0.3) is 5.91 Å². The lowest BCUT2D eigenvalue weighted by Gasteiger charge is -2.26.